The van der Waals surface area contributed by atoms with Crippen molar-refractivity contribution in [2.24, 2.45) is 0 Å². The fourth-order valence-corrected chi connectivity index (χ4v) is 6.44. The first-order valence-electron chi connectivity index (χ1n) is 12.2. The van der Waals surface area contributed by atoms with E-state index in [2.05, 4.69) is 5.32 Å². The Balaban J connectivity index is 1.91. The van der Waals surface area contributed by atoms with Crippen molar-refractivity contribution in [2.45, 2.75) is 40.2 Å². The summed E-state index contributed by atoms with van der Waals surface area (Å²) in [6, 6.07) is 18.5. The maximum Gasteiger partial charge on any atom is 0.270 e. The lowest BCUT2D eigenvalue weighted by Crippen LogP contribution is -2.39. The van der Waals surface area contributed by atoms with Crippen molar-refractivity contribution < 1.29 is 22.7 Å². The molecule has 1 aliphatic heterocycles. The molecule has 0 aromatic heterocycles. The molecule has 7 nitrogen and oxygen atoms in total. The molecule has 4 rings (SSSR count). The SMILES string of the molecule is CCc1cccc(CC)c1NC(=O)C1=C(C)c2cc(OC)c(OC)cc2N(Cc2ccccc2)S1(=O)=O. The minimum Gasteiger partial charge on any atom is -0.493 e. The third-order valence-corrected chi connectivity index (χ3v) is 8.59. The van der Waals surface area contributed by atoms with Gasteiger partial charge in [-0.3, -0.25) is 9.10 Å². The number of hydrogen-bond donors (Lipinski definition) is 1. The van der Waals surface area contributed by atoms with Crippen LogP contribution in [0.3, 0.4) is 0 Å². The van der Waals surface area contributed by atoms with Gasteiger partial charge in [0, 0.05) is 17.3 Å². The smallest absolute Gasteiger partial charge is 0.270 e. The Labute approximate surface area is 218 Å². The molecule has 1 heterocycles. The van der Waals surface area contributed by atoms with Gasteiger partial charge in [-0.15, -0.1) is 0 Å². The molecule has 0 radical (unpaired) electrons. The zero-order valence-electron chi connectivity index (χ0n) is 21.8. The van der Waals surface area contributed by atoms with Crippen LogP contribution in [0, 0.1) is 0 Å². The summed E-state index contributed by atoms with van der Waals surface area (Å²) in [4.78, 5) is 13.5. The largest absolute Gasteiger partial charge is 0.493 e. The second kappa shape index (κ2) is 10.7. The number of rotatable bonds is 8. The van der Waals surface area contributed by atoms with Gasteiger partial charge in [0.1, 0.15) is 0 Å². The van der Waals surface area contributed by atoms with Gasteiger partial charge < -0.3 is 14.8 Å². The van der Waals surface area contributed by atoms with Gasteiger partial charge in [0.15, 0.2) is 16.4 Å². The Bertz CT molecular complexity index is 1440. The summed E-state index contributed by atoms with van der Waals surface area (Å²) >= 11 is 0. The van der Waals surface area contributed by atoms with E-state index in [1.54, 1.807) is 19.1 Å². The van der Waals surface area contributed by atoms with Crippen LogP contribution in [-0.2, 0) is 34.2 Å². The minimum absolute atomic E-state index is 0.0570. The third kappa shape index (κ3) is 4.81. The number of hydrogen-bond acceptors (Lipinski definition) is 5. The van der Waals surface area contributed by atoms with E-state index >= 15 is 0 Å². The van der Waals surface area contributed by atoms with Crippen molar-refractivity contribution in [3.05, 3.63) is 87.8 Å². The molecular weight excluding hydrogens is 488 g/mol. The highest BCUT2D eigenvalue weighted by molar-refractivity contribution is 7.97. The second-order valence-electron chi connectivity index (χ2n) is 8.79. The molecule has 3 aromatic rings. The lowest BCUT2D eigenvalue weighted by Gasteiger charge is -2.33. The molecule has 0 aliphatic carbocycles. The minimum atomic E-state index is -4.22. The number of benzene rings is 3. The van der Waals surface area contributed by atoms with Crippen LogP contribution < -0.4 is 19.1 Å². The maximum absolute atomic E-state index is 14.1. The molecule has 0 fully saturated rings. The highest BCUT2D eigenvalue weighted by atomic mass is 32.2. The molecular formula is C29H32N2O5S. The topological polar surface area (TPSA) is 84.9 Å². The Hall–Kier alpha value is -3.78. The first-order valence-corrected chi connectivity index (χ1v) is 13.7. The first kappa shape index (κ1) is 26.3. The molecule has 0 unspecified atom stereocenters. The number of nitrogens with one attached hydrogen (secondary N) is 1. The molecule has 0 atom stereocenters. The van der Waals surface area contributed by atoms with Crippen molar-refractivity contribution in [1.82, 2.24) is 0 Å². The summed E-state index contributed by atoms with van der Waals surface area (Å²) in [5, 5.41) is 2.94. The number of sulfonamides is 1. The molecule has 3 aromatic carbocycles. The number of para-hydroxylation sites is 1. The normalized spacial score (nSPS) is 14.2. The van der Waals surface area contributed by atoms with Gasteiger partial charge in [-0.2, -0.15) is 0 Å². The predicted octanol–water partition coefficient (Wildman–Crippen LogP) is 5.55. The Morgan fingerprint density at radius 1 is 0.892 bits per heavy atom. The van der Waals surface area contributed by atoms with Gasteiger partial charge >= 0.3 is 0 Å². The van der Waals surface area contributed by atoms with E-state index in [1.165, 1.54) is 18.5 Å². The molecule has 37 heavy (non-hydrogen) atoms. The van der Waals surface area contributed by atoms with Crippen molar-refractivity contribution in [2.75, 3.05) is 23.8 Å². The molecule has 0 saturated heterocycles. The highest BCUT2D eigenvalue weighted by Gasteiger charge is 2.40. The number of ether oxygens (including phenoxy) is 2. The van der Waals surface area contributed by atoms with Crippen LogP contribution in [-0.4, -0.2) is 28.5 Å². The number of nitrogens with zero attached hydrogens (tertiary/aromatic N) is 1. The van der Waals surface area contributed by atoms with Crippen molar-refractivity contribution >= 4 is 32.9 Å². The van der Waals surface area contributed by atoms with Crippen LogP contribution >= 0.6 is 0 Å². The van der Waals surface area contributed by atoms with E-state index in [0.29, 0.717) is 46.9 Å². The van der Waals surface area contributed by atoms with Crippen molar-refractivity contribution in [1.29, 1.82) is 0 Å². The van der Waals surface area contributed by atoms with Gasteiger partial charge in [0.05, 0.1) is 26.5 Å². The number of methoxy groups -OCH3 is 2. The zero-order chi connectivity index (χ0) is 26.7. The third-order valence-electron chi connectivity index (χ3n) is 6.68. The van der Waals surface area contributed by atoms with Gasteiger partial charge in [0.2, 0.25) is 0 Å². The van der Waals surface area contributed by atoms with Crippen LogP contribution in [0.1, 0.15) is 43.0 Å². The summed E-state index contributed by atoms with van der Waals surface area (Å²) in [5.41, 5.74) is 4.73. The maximum atomic E-state index is 14.1. The second-order valence-corrected chi connectivity index (χ2v) is 10.6. The van der Waals surface area contributed by atoms with E-state index in [0.717, 1.165) is 16.7 Å². The number of fused-ring (bicyclic) bond motifs is 1. The Morgan fingerprint density at radius 2 is 1.49 bits per heavy atom. The van der Waals surface area contributed by atoms with E-state index in [1.807, 2.05) is 62.4 Å². The summed E-state index contributed by atoms with van der Waals surface area (Å²) in [5.74, 6) is 0.190. The quantitative estimate of drug-likeness (QED) is 0.421. The number of amides is 1. The van der Waals surface area contributed by atoms with Crippen molar-refractivity contribution in [3.63, 3.8) is 0 Å². The summed E-state index contributed by atoms with van der Waals surface area (Å²) < 4.78 is 40.5. The van der Waals surface area contributed by atoms with E-state index in [9.17, 15) is 13.2 Å². The fraction of sp³-hybridized carbons (Fsp3) is 0.276. The number of anilines is 2. The highest BCUT2D eigenvalue weighted by Crippen LogP contribution is 2.45. The van der Waals surface area contributed by atoms with Crippen LogP contribution in [0.15, 0.2) is 65.6 Å². The van der Waals surface area contributed by atoms with Crippen LogP contribution in [0.25, 0.3) is 5.57 Å². The molecule has 0 bridgehead atoms. The first-order chi connectivity index (χ1) is 17.8. The standard InChI is InChI=1S/C29H32N2O5S/c1-6-21-14-11-15-22(7-2)27(21)30-29(32)28-19(3)23-16-25(35-4)26(36-5)17-24(23)31(37(28,33)34)18-20-12-9-8-10-13-20/h8-17H,6-7,18H2,1-5H3,(H,30,32). The number of aryl methyl sites for hydroxylation is 2. The molecule has 1 amide bonds. The van der Waals surface area contributed by atoms with Gasteiger partial charge in [0.25, 0.3) is 15.9 Å². The van der Waals surface area contributed by atoms with Gasteiger partial charge in [-0.1, -0.05) is 62.4 Å². The number of carbonyl (C=O) groups excluding carboxylic acids is 1. The van der Waals surface area contributed by atoms with E-state index in [-0.39, 0.29) is 11.4 Å². The molecule has 0 spiro atoms. The zero-order valence-corrected chi connectivity index (χ0v) is 22.6. The number of carbonyl (C=O) groups is 1. The monoisotopic (exact) mass is 520 g/mol. The summed E-state index contributed by atoms with van der Waals surface area (Å²) in [6.45, 7) is 5.72. The Morgan fingerprint density at radius 3 is 2.05 bits per heavy atom. The van der Waals surface area contributed by atoms with Crippen LogP contribution in [0.2, 0.25) is 0 Å². The average molecular weight is 521 g/mol. The molecule has 8 heteroatoms. The summed E-state index contributed by atoms with van der Waals surface area (Å²) in [7, 11) is -1.20. The lowest BCUT2D eigenvalue weighted by molar-refractivity contribution is -0.112. The van der Waals surface area contributed by atoms with Crippen molar-refractivity contribution in [3.8, 4) is 11.5 Å². The molecule has 1 aliphatic rings. The van der Waals surface area contributed by atoms with Gasteiger partial charge in [-0.05, 0) is 48.1 Å². The summed E-state index contributed by atoms with van der Waals surface area (Å²) in [6.07, 6.45) is 1.41. The lowest BCUT2D eigenvalue weighted by atomic mass is 10.0. The average Bonchev–Trinajstić information content (AvgIpc) is 2.90. The molecule has 194 valence electrons. The Kier molecular flexibility index (Phi) is 7.59. The van der Waals surface area contributed by atoms with Gasteiger partial charge in [-0.25, -0.2) is 8.42 Å². The van der Waals surface area contributed by atoms with Crippen LogP contribution in [0.5, 0.6) is 11.5 Å². The van der Waals surface area contributed by atoms with E-state index < -0.39 is 15.9 Å². The fourth-order valence-electron chi connectivity index (χ4n) is 4.71. The molecule has 0 saturated carbocycles. The van der Waals surface area contributed by atoms with E-state index in [4.69, 9.17) is 9.47 Å². The predicted molar refractivity (Wildman–Crippen MR) is 148 cm³/mol. The molecule has 1 N–H and O–H groups in total. The van der Waals surface area contributed by atoms with Crippen LogP contribution in [0.4, 0.5) is 11.4 Å². The number of allylic oxidation sites excluding steroid dienone is 1.